The van der Waals surface area contributed by atoms with E-state index in [1.807, 2.05) is 49.4 Å². The fourth-order valence-electron chi connectivity index (χ4n) is 2.30. The molecule has 0 aliphatic carbocycles. The third kappa shape index (κ3) is 5.06. The van der Waals surface area contributed by atoms with Gasteiger partial charge < -0.3 is 10.1 Å². The first-order chi connectivity index (χ1) is 11.5. The van der Waals surface area contributed by atoms with Gasteiger partial charge in [-0.25, -0.2) is 0 Å². The minimum atomic E-state index is -0.420. The summed E-state index contributed by atoms with van der Waals surface area (Å²) in [6, 6.07) is 14.6. The van der Waals surface area contributed by atoms with Crippen LogP contribution in [-0.2, 0) is 9.53 Å². The number of rotatable bonds is 6. The number of hydrogen-bond acceptors (Lipinski definition) is 3. The predicted octanol–water partition coefficient (Wildman–Crippen LogP) is 4.02. The Labute approximate surface area is 155 Å². The fourth-order valence-corrected chi connectivity index (χ4v) is 2.82. The highest BCUT2D eigenvalue weighted by Crippen LogP contribution is 2.19. The fraction of sp³-hybridized carbons (Fsp3) is 0.263. The Hall–Kier alpha value is -1.89. The minimum Gasteiger partial charge on any atom is -0.466 e. The topological polar surface area (TPSA) is 55.4 Å². The molecule has 0 aromatic heterocycles. The van der Waals surface area contributed by atoms with E-state index in [4.69, 9.17) is 4.74 Å². The first-order valence-corrected chi connectivity index (χ1v) is 8.86. The number of aryl methyl sites for hydroxylation is 1. The van der Waals surface area contributed by atoms with E-state index in [1.165, 1.54) is 0 Å². The Morgan fingerprint density at radius 1 is 1.17 bits per heavy atom. The van der Waals surface area contributed by atoms with Gasteiger partial charge in [0.05, 0.1) is 19.1 Å². The van der Waals surface area contributed by atoms with Gasteiger partial charge in [-0.15, -0.1) is 0 Å². The van der Waals surface area contributed by atoms with E-state index >= 15 is 0 Å². The van der Waals surface area contributed by atoms with E-state index in [-0.39, 0.29) is 18.3 Å². The second-order valence-corrected chi connectivity index (χ2v) is 6.57. The molecular formula is C19H20INO3. The molecule has 24 heavy (non-hydrogen) atoms. The van der Waals surface area contributed by atoms with E-state index in [0.717, 1.165) is 14.7 Å². The van der Waals surface area contributed by atoms with Gasteiger partial charge in [-0.2, -0.15) is 0 Å². The zero-order chi connectivity index (χ0) is 17.5. The van der Waals surface area contributed by atoms with Crippen molar-refractivity contribution >= 4 is 34.5 Å². The van der Waals surface area contributed by atoms with Crippen LogP contribution in [0.5, 0.6) is 0 Å². The average Bonchev–Trinajstić information content (AvgIpc) is 2.57. The molecule has 0 heterocycles. The lowest BCUT2D eigenvalue weighted by Gasteiger charge is -2.19. The number of ether oxygens (including phenoxy) is 1. The van der Waals surface area contributed by atoms with Gasteiger partial charge in [-0.1, -0.05) is 36.4 Å². The van der Waals surface area contributed by atoms with E-state index in [9.17, 15) is 9.59 Å². The lowest BCUT2D eigenvalue weighted by Crippen LogP contribution is -2.30. The van der Waals surface area contributed by atoms with Crippen LogP contribution in [-0.4, -0.2) is 18.5 Å². The van der Waals surface area contributed by atoms with Gasteiger partial charge >= 0.3 is 5.97 Å². The zero-order valence-electron chi connectivity index (χ0n) is 13.7. The summed E-state index contributed by atoms with van der Waals surface area (Å²) in [5, 5.41) is 2.94. The molecule has 4 nitrogen and oxygen atoms in total. The van der Waals surface area contributed by atoms with Gasteiger partial charge in [0.1, 0.15) is 0 Å². The molecule has 0 saturated carbocycles. The minimum absolute atomic E-state index is 0.104. The molecule has 1 unspecified atom stereocenters. The quantitative estimate of drug-likeness (QED) is 0.549. The van der Waals surface area contributed by atoms with E-state index in [2.05, 4.69) is 27.9 Å². The summed E-state index contributed by atoms with van der Waals surface area (Å²) in [7, 11) is 0. The van der Waals surface area contributed by atoms with Crippen LogP contribution in [0.2, 0.25) is 0 Å². The molecule has 1 amide bonds. The largest absolute Gasteiger partial charge is 0.466 e. The number of esters is 1. The van der Waals surface area contributed by atoms with Crippen molar-refractivity contribution in [1.29, 1.82) is 0 Å². The lowest BCUT2D eigenvalue weighted by atomic mass is 10.0. The molecule has 0 spiro atoms. The molecule has 126 valence electrons. The van der Waals surface area contributed by atoms with Crippen molar-refractivity contribution < 1.29 is 14.3 Å². The summed E-state index contributed by atoms with van der Waals surface area (Å²) < 4.78 is 6.05. The van der Waals surface area contributed by atoms with E-state index < -0.39 is 6.04 Å². The number of carbonyl (C=O) groups is 2. The third-order valence-electron chi connectivity index (χ3n) is 3.62. The van der Waals surface area contributed by atoms with Crippen LogP contribution >= 0.6 is 22.6 Å². The predicted molar refractivity (Wildman–Crippen MR) is 102 cm³/mol. The maximum atomic E-state index is 12.6. The molecule has 1 N–H and O–H groups in total. The summed E-state index contributed by atoms with van der Waals surface area (Å²) in [6.45, 7) is 4.09. The number of nitrogens with one attached hydrogen (secondary N) is 1. The Morgan fingerprint density at radius 2 is 1.88 bits per heavy atom. The van der Waals surface area contributed by atoms with Crippen LogP contribution in [0.3, 0.4) is 0 Å². The Balaban J connectivity index is 2.19. The highest BCUT2D eigenvalue weighted by Gasteiger charge is 2.20. The molecule has 2 aromatic rings. The molecule has 0 aliphatic rings. The van der Waals surface area contributed by atoms with Crippen LogP contribution in [0.25, 0.3) is 0 Å². The normalized spacial score (nSPS) is 11.6. The third-order valence-corrected chi connectivity index (χ3v) is 4.78. The van der Waals surface area contributed by atoms with Gasteiger partial charge in [-0.3, -0.25) is 9.59 Å². The first kappa shape index (κ1) is 18.4. The van der Waals surface area contributed by atoms with Gasteiger partial charge in [0.25, 0.3) is 5.91 Å². The molecule has 0 aliphatic heterocycles. The molecule has 1 atom stereocenters. The summed E-state index contributed by atoms with van der Waals surface area (Å²) >= 11 is 2.21. The van der Waals surface area contributed by atoms with Crippen molar-refractivity contribution in [2.45, 2.75) is 26.3 Å². The van der Waals surface area contributed by atoms with Gasteiger partial charge in [0, 0.05) is 9.13 Å². The van der Waals surface area contributed by atoms with Gasteiger partial charge in [0.15, 0.2) is 0 Å². The molecule has 0 fully saturated rings. The van der Waals surface area contributed by atoms with Crippen molar-refractivity contribution in [2.24, 2.45) is 0 Å². The van der Waals surface area contributed by atoms with Gasteiger partial charge in [-0.05, 0) is 59.7 Å². The SMILES string of the molecule is CCOC(=O)CC(NC(=O)c1ccc(C)c(I)c1)c1ccccc1. The maximum Gasteiger partial charge on any atom is 0.308 e. The second-order valence-electron chi connectivity index (χ2n) is 5.41. The number of carbonyl (C=O) groups excluding carboxylic acids is 2. The van der Waals surface area contributed by atoms with E-state index in [0.29, 0.717) is 12.2 Å². The number of halogens is 1. The van der Waals surface area contributed by atoms with Crippen LogP contribution in [0, 0.1) is 10.5 Å². The summed E-state index contributed by atoms with van der Waals surface area (Å²) in [5.41, 5.74) is 2.58. The number of hydrogen-bond donors (Lipinski definition) is 1. The smallest absolute Gasteiger partial charge is 0.308 e. The average molecular weight is 437 g/mol. The van der Waals surface area contributed by atoms with Crippen LogP contribution in [0.15, 0.2) is 48.5 Å². The van der Waals surface area contributed by atoms with E-state index in [1.54, 1.807) is 13.0 Å². The van der Waals surface area contributed by atoms with Crippen molar-refractivity contribution in [2.75, 3.05) is 6.61 Å². The Kier molecular flexibility index (Phi) is 6.78. The number of benzene rings is 2. The summed E-state index contributed by atoms with van der Waals surface area (Å²) in [6.07, 6.45) is 0.104. The Morgan fingerprint density at radius 3 is 2.50 bits per heavy atom. The molecule has 0 radical (unpaired) electrons. The highest BCUT2D eigenvalue weighted by molar-refractivity contribution is 14.1. The monoisotopic (exact) mass is 437 g/mol. The molecule has 2 rings (SSSR count). The summed E-state index contributed by atoms with van der Waals surface area (Å²) in [5.74, 6) is -0.531. The Bertz CT molecular complexity index is 716. The van der Waals surface area contributed by atoms with Crippen molar-refractivity contribution in [3.05, 3.63) is 68.8 Å². The van der Waals surface area contributed by atoms with Crippen LogP contribution in [0.4, 0.5) is 0 Å². The van der Waals surface area contributed by atoms with Crippen LogP contribution in [0.1, 0.15) is 40.9 Å². The summed E-state index contributed by atoms with van der Waals surface area (Å²) in [4.78, 5) is 24.4. The molecule has 0 saturated heterocycles. The molecule has 0 bridgehead atoms. The standard InChI is InChI=1S/C19H20INO3/c1-3-24-18(22)12-17(14-7-5-4-6-8-14)21-19(23)15-10-9-13(2)16(20)11-15/h4-11,17H,3,12H2,1-2H3,(H,21,23). The molecular weight excluding hydrogens is 417 g/mol. The molecule has 2 aromatic carbocycles. The van der Waals surface area contributed by atoms with Crippen molar-refractivity contribution in [3.63, 3.8) is 0 Å². The highest BCUT2D eigenvalue weighted by atomic mass is 127. The van der Waals surface area contributed by atoms with Crippen molar-refractivity contribution in [1.82, 2.24) is 5.32 Å². The second kappa shape index (κ2) is 8.82. The molecule has 5 heteroatoms. The lowest BCUT2D eigenvalue weighted by molar-refractivity contribution is -0.143. The van der Waals surface area contributed by atoms with Crippen LogP contribution < -0.4 is 5.32 Å². The maximum absolute atomic E-state index is 12.6. The first-order valence-electron chi connectivity index (χ1n) is 7.79. The van der Waals surface area contributed by atoms with Gasteiger partial charge in [0.2, 0.25) is 0 Å². The van der Waals surface area contributed by atoms with Crippen molar-refractivity contribution in [3.8, 4) is 0 Å². The number of amides is 1. The zero-order valence-corrected chi connectivity index (χ0v) is 15.9.